The fourth-order valence-electron chi connectivity index (χ4n) is 0. The van der Waals surface area contributed by atoms with Crippen LogP contribution in [0.5, 0.6) is 0 Å². The Hall–Kier alpha value is 1.25. The summed E-state index contributed by atoms with van der Waals surface area (Å²) in [5.74, 6) is 0. The maximum atomic E-state index is 8.74. The van der Waals surface area contributed by atoms with Gasteiger partial charge in [-0.25, -0.2) is 0 Å². The van der Waals surface area contributed by atoms with E-state index < -0.39 is 10.4 Å². The summed E-state index contributed by atoms with van der Waals surface area (Å²) < 4.78 is 31.6. The standard InChI is InChI=1S/Fe.Mo.H3N.H2O4S.H4Si/c;;;1-5(2,3)4;/h;;1H3;(H2,1,2,3,4);1H4. The van der Waals surface area contributed by atoms with E-state index in [0.29, 0.717) is 0 Å². The second kappa shape index (κ2) is 12.0. The van der Waals surface area contributed by atoms with Crippen molar-refractivity contribution in [2.24, 2.45) is 0 Å². The van der Waals surface area contributed by atoms with Crippen molar-refractivity contribution in [1.82, 2.24) is 6.15 Å². The van der Waals surface area contributed by atoms with Crippen LogP contribution in [0.25, 0.3) is 0 Å². The SMILES string of the molecule is N.O=S(=O)(O)O.[Fe].[Mo].[SiH4]. The Morgan fingerprint density at radius 3 is 1.11 bits per heavy atom. The quantitative estimate of drug-likeness (QED) is 0.356. The van der Waals surface area contributed by atoms with Crippen LogP contribution in [0.3, 0.4) is 0 Å². The molecule has 0 saturated heterocycles. The van der Waals surface area contributed by atoms with Crippen LogP contribution in [0.4, 0.5) is 0 Å². The number of hydrogen-bond acceptors (Lipinski definition) is 3. The summed E-state index contributed by atoms with van der Waals surface area (Å²) >= 11 is 0. The minimum atomic E-state index is -4.67. The molecule has 9 heteroatoms. The summed E-state index contributed by atoms with van der Waals surface area (Å²) in [5.41, 5.74) is 0. The molecule has 62 valence electrons. The van der Waals surface area contributed by atoms with Gasteiger partial charge in [0.05, 0.1) is 0 Å². The zero-order chi connectivity index (χ0) is 4.50. The first-order chi connectivity index (χ1) is 2.00. The van der Waals surface area contributed by atoms with Crippen LogP contribution < -0.4 is 6.15 Å². The van der Waals surface area contributed by atoms with Crippen molar-refractivity contribution in [3.63, 3.8) is 0 Å². The van der Waals surface area contributed by atoms with Gasteiger partial charge in [-0.05, 0) is 11.0 Å². The fraction of sp³-hybridized carbons (Fsp3) is 0. The van der Waals surface area contributed by atoms with Crippen LogP contribution >= 0.6 is 0 Å². The van der Waals surface area contributed by atoms with E-state index >= 15 is 0 Å². The van der Waals surface area contributed by atoms with Gasteiger partial charge in [-0.2, -0.15) is 8.42 Å². The van der Waals surface area contributed by atoms with Gasteiger partial charge < -0.3 is 6.15 Å². The van der Waals surface area contributed by atoms with Crippen molar-refractivity contribution >= 4 is 21.4 Å². The van der Waals surface area contributed by atoms with Gasteiger partial charge in [0.2, 0.25) is 0 Å². The largest absolute Gasteiger partial charge is 0.394 e. The van der Waals surface area contributed by atoms with Gasteiger partial charge >= 0.3 is 10.4 Å². The van der Waals surface area contributed by atoms with E-state index in [2.05, 4.69) is 0 Å². The maximum Gasteiger partial charge on any atom is 0.394 e. The number of rotatable bonds is 0. The average Bonchev–Trinajstić information content (AvgIpc) is 0.722. The molecule has 0 aromatic carbocycles. The topological polar surface area (TPSA) is 110 Å². The summed E-state index contributed by atoms with van der Waals surface area (Å²) in [4.78, 5) is 0. The Kier molecular flexibility index (Phi) is 42.3. The van der Waals surface area contributed by atoms with E-state index in [4.69, 9.17) is 17.5 Å². The van der Waals surface area contributed by atoms with E-state index in [-0.39, 0.29) is 55.2 Å². The molecule has 0 unspecified atom stereocenters. The second-order valence-electron chi connectivity index (χ2n) is 0.448. The van der Waals surface area contributed by atoms with E-state index in [1.165, 1.54) is 0 Å². The Labute approximate surface area is 82.9 Å². The Bertz CT molecular complexity index is 104. The molecule has 0 aromatic heterocycles. The molecular weight excluding hydrogens is 290 g/mol. The Morgan fingerprint density at radius 1 is 1.11 bits per heavy atom. The molecule has 0 aliphatic rings. The van der Waals surface area contributed by atoms with Crippen LogP contribution in [0, 0.1) is 0 Å². The first-order valence-corrected chi connectivity index (χ1v) is 2.10. The zero-order valence-corrected chi connectivity index (χ0v) is 7.52. The molecule has 0 aliphatic carbocycles. The molecule has 0 atom stereocenters. The average molecular weight is 299 g/mol. The van der Waals surface area contributed by atoms with Crippen molar-refractivity contribution in [3.05, 3.63) is 0 Å². The van der Waals surface area contributed by atoms with Gasteiger partial charge in [0.15, 0.2) is 0 Å². The van der Waals surface area contributed by atoms with Crippen molar-refractivity contribution in [1.29, 1.82) is 0 Å². The first-order valence-electron chi connectivity index (χ1n) is 0.698. The molecule has 0 heterocycles. The Balaban J connectivity index is -0.0000000133. The van der Waals surface area contributed by atoms with Gasteiger partial charge in [0, 0.05) is 38.1 Å². The van der Waals surface area contributed by atoms with Gasteiger partial charge in [0.1, 0.15) is 0 Å². The smallest absolute Gasteiger partial charge is 0.344 e. The molecule has 0 aromatic rings. The van der Waals surface area contributed by atoms with Crippen molar-refractivity contribution in [3.8, 4) is 0 Å². The second-order valence-corrected chi connectivity index (χ2v) is 1.34. The van der Waals surface area contributed by atoms with Crippen molar-refractivity contribution in [2.45, 2.75) is 0 Å². The molecule has 0 aliphatic heterocycles. The molecule has 0 bridgehead atoms. The van der Waals surface area contributed by atoms with Gasteiger partial charge in [-0.1, -0.05) is 0 Å². The fourth-order valence-corrected chi connectivity index (χ4v) is 0. The third kappa shape index (κ3) is 309. The molecular formula is H9FeMoNO4SSi. The first kappa shape index (κ1) is 31.8. The van der Waals surface area contributed by atoms with E-state index in [9.17, 15) is 0 Å². The van der Waals surface area contributed by atoms with Crippen LogP contribution in [0.2, 0.25) is 0 Å². The summed E-state index contributed by atoms with van der Waals surface area (Å²) in [6, 6.07) is 0. The summed E-state index contributed by atoms with van der Waals surface area (Å²) in [6.07, 6.45) is 0. The molecule has 0 rings (SSSR count). The van der Waals surface area contributed by atoms with Crippen molar-refractivity contribution < 1.29 is 55.7 Å². The van der Waals surface area contributed by atoms with Gasteiger partial charge in [-0.15, -0.1) is 0 Å². The number of hydrogen-bond donors (Lipinski definition) is 3. The normalized spacial score (nSPS) is 6.44. The third-order valence-electron chi connectivity index (χ3n) is 0. The third-order valence-corrected chi connectivity index (χ3v) is 0. The summed E-state index contributed by atoms with van der Waals surface area (Å²) in [6.45, 7) is 0. The summed E-state index contributed by atoms with van der Waals surface area (Å²) in [5, 5.41) is 0. The molecule has 0 radical (unpaired) electrons. The van der Waals surface area contributed by atoms with Crippen LogP contribution in [0.15, 0.2) is 0 Å². The van der Waals surface area contributed by atoms with E-state index in [1.54, 1.807) is 0 Å². The predicted octanol–water partition coefficient (Wildman–Crippen LogP) is -1.95. The molecule has 0 saturated carbocycles. The molecule has 0 spiro atoms. The van der Waals surface area contributed by atoms with Crippen LogP contribution in [0.1, 0.15) is 0 Å². The van der Waals surface area contributed by atoms with Crippen LogP contribution in [-0.2, 0) is 48.5 Å². The Morgan fingerprint density at radius 2 is 1.11 bits per heavy atom. The molecule has 5 nitrogen and oxygen atoms in total. The van der Waals surface area contributed by atoms with E-state index in [0.717, 1.165) is 0 Å². The van der Waals surface area contributed by atoms with Gasteiger partial charge in [-0.3, -0.25) is 9.11 Å². The molecule has 0 fully saturated rings. The van der Waals surface area contributed by atoms with Crippen molar-refractivity contribution in [2.75, 3.05) is 0 Å². The molecule has 5 N–H and O–H groups in total. The summed E-state index contributed by atoms with van der Waals surface area (Å²) in [7, 11) is -4.67. The molecule has 9 heavy (non-hydrogen) atoms. The van der Waals surface area contributed by atoms with E-state index in [1.807, 2.05) is 0 Å². The maximum absolute atomic E-state index is 8.74. The minimum absolute atomic E-state index is 0. The minimum Gasteiger partial charge on any atom is -0.344 e. The predicted molar refractivity (Wildman–Crippen MR) is 30.5 cm³/mol. The van der Waals surface area contributed by atoms with Gasteiger partial charge in [0.25, 0.3) is 0 Å². The molecule has 0 amide bonds. The monoisotopic (exact) mass is 301 g/mol. The zero-order valence-electron chi connectivity index (χ0n) is 3.59. The van der Waals surface area contributed by atoms with Crippen LogP contribution in [-0.4, -0.2) is 28.5 Å².